The molecule has 1 atom stereocenters. The van der Waals surface area contributed by atoms with Crippen LogP contribution in [0.4, 0.5) is 0 Å². The van der Waals surface area contributed by atoms with Crippen LogP contribution < -0.4 is 10.1 Å². The fraction of sp³-hybridized carbons (Fsp3) is 0.667. The summed E-state index contributed by atoms with van der Waals surface area (Å²) in [5, 5.41) is 12.7. The Balaban J connectivity index is 2.67. The van der Waals surface area contributed by atoms with Crippen LogP contribution in [-0.4, -0.2) is 30.4 Å². The van der Waals surface area contributed by atoms with Gasteiger partial charge in [0.2, 0.25) is 0 Å². The molecule has 0 aliphatic rings. The summed E-state index contributed by atoms with van der Waals surface area (Å²) in [6.07, 6.45) is 0.798. The first-order valence-electron chi connectivity index (χ1n) is 7.85. The predicted octanol–water partition coefficient (Wildman–Crippen LogP) is 3.42. The average Bonchev–Trinajstić information content (AvgIpc) is 2.37. The lowest BCUT2D eigenvalue weighted by Gasteiger charge is -2.24. The van der Waals surface area contributed by atoms with Gasteiger partial charge in [-0.25, -0.2) is 0 Å². The zero-order chi connectivity index (χ0) is 16.0. The summed E-state index contributed by atoms with van der Waals surface area (Å²) in [6.45, 7) is 13.6. The van der Waals surface area contributed by atoms with E-state index in [1.807, 2.05) is 0 Å². The van der Waals surface area contributed by atoms with Crippen molar-refractivity contribution in [2.45, 2.75) is 65.5 Å². The van der Waals surface area contributed by atoms with E-state index >= 15 is 0 Å². The minimum atomic E-state index is 0.0634. The van der Waals surface area contributed by atoms with Gasteiger partial charge in [0.25, 0.3) is 0 Å². The van der Waals surface area contributed by atoms with Gasteiger partial charge in [-0.2, -0.15) is 0 Å². The molecule has 0 amide bonds. The summed E-state index contributed by atoms with van der Waals surface area (Å²) in [5.74, 6) is 0.953. The number of aliphatic hydroxyl groups is 1. The van der Waals surface area contributed by atoms with Crippen molar-refractivity contribution in [2.75, 3.05) is 13.2 Å². The van der Waals surface area contributed by atoms with E-state index in [0.717, 1.165) is 12.2 Å². The van der Waals surface area contributed by atoms with Gasteiger partial charge in [-0.05, 0) is 30.4 Å². The normalized spacial score (nSPS) is 13.5. The van der Waals surface area contributed by atoms with Crippen LogP contribution in [0.3, 0.4) is 0 Å². The summed E-state index contributed by atoms with van der Waals surface area (Å²) in [5.41, 5.74) is 2.55. The summed E-state index contributed by atoms with van der Waals surface area (Å²) < 4.78 is 5.98. The lowest BCUT2D eigenvalue weighted by molar-refractivity contribution is 0.201. The average molecular weight is 293 g/mol. The quantitative estimate of drug-likeness (QED) is 0.809. The van der Waals surface area contributed by atoms with Crippen LogP contribution in [0.1, 0.15) is 52.2 Å². The van der Waals surface area contributed by atoms with E-state index in [1.165, 1.54) is 11.1 Å². The van der Waals surface area contributed by atoms with Gasteiger partial charge in [-0.15, -0.1) is 0 Å². The molecule has 1 rings (SSSR count). The lowest BCUT2D eigenvalue weighted by atomic mass is 9.85. The van der Waals surface area contributed by atoms with Gasteiger partial charge in [0.05, 0.1) is 13.2 Å². The Morgan fingerprint density at radius 2 is 1.90 bits per heavy atom. The van der Waals surface area contributed by atoms with Crippen LogP contribution in [0.5, 0.6) is 5.75 Å². The maximum atomic E-state index is 9.37. The van der Waals surface area contributed by atoms with Gasteiger partial charge in [0, 0.05) is 12.1 Å². The summed E-state index contributed by atoms with van der Waals surface area (Å²) in [7, 11) is 0. The minimum Gasteiger partial charge on any atom is -0.493 e. The van der Waals surface area contributed by atoms with E-state index < -0.39 is 0 Å². The maximum Gasteiger partial charge on any atom is 0.123 e. The summed E-state index contributed by atoms with van der Waals surface area (Å²) >= 11 is 0. The minimum absolute atomic E-state index is 0.0634. The number of hydrogen-bond acceptors (Lipinski definition) is 3. The molecule has 0 aromatic heterocycles. The molecule has 0 bridgehead atoms. The molecule has 1 aromatic rings. The van der Waals surface area contributed by atoms with Crippen LogP contribution in [-0.2, 0) is 5.41 Å². The highest BCUT2D eigenvalue weighted by Crippen LogP contribution is 2.32. The first kappa shape index (κ1) is 18.0. The Hall–Kier alpha value is -1.06. The van der Waals surface area contributed by atoms with Gasteiger partial charge in [-0.1, -0.05) is 52.3 Å². The molecule has 2 N–H and O–H groups in total. The largest absolute Gasteiger partial charge is 0.493 e. The van der Waals surface area contributed by atoms with Crippen molar-refractivity contribution >= 4 is 0 Å². The van der Waals surface area contributed by atoms with Crippen molar-refractivity contribution in [3.05, 3.63) is 29.3 Å². The third kappa shape index (κ3) is 6.06. The number of benzene rings is 1. The molecular weight excluding hydrogens is 262 g/mol. The molecule has 0 saturated carbocycles. The SMILES string of the molecule is Cc1ccc(OCCC(CO)NC(C)C)c(C(C)(C)C)c1. The second-order valence-corrected chi connectivity index (χ2v) is 7.09. The van der Waals surface area contributed by atoms with Crippen molar-refractivity contribution in [2.24, 2.45) is 0 Å². The molecule has 0 spiro atoms. The highest BCUT2D eigenvalue weighted by Gasteiger charge is 2.19. The molecule has 3 nitrogen and oxygen atoms in total. The Morgan fingerprint density at radius 3 is 2.43 bits per heavy atom. The van der Waals surface area contributed by atoms with Gasteiger partial charge in [0.1, 0.15) is 5.75 Å². The molecule has 0 radical (unpaired) electrons. The van der Waals surface area contributed by atoms with Crippen molar-refractivity contribution < 1.29 is 9.84 Å². The van der Waals surface area contributed by atoms with E-state index in [4.69, 9.17) is 4.74 Å². The number of aliphatic hydroxyl groups excluding tert-OH is 1. The second kappa shape index (κ2) is 7.81. The van der Waals surface area contributed by atoms with Crippen LogP contribution >= 0.6 is 0 Å². The zero-order valence-corrected chi connectivity index (χ0v) is 14.4. The van der Waals surface area contributed by atoms with Gasteiger partial charge in [-0.3, -0.25) is 0 Å². The fourth-order valence-corrected chi connectivity index (χ4v) is 2.37. The Bertz CT molecular complexity index is 435. The highest BCUT2D eigenvalue weighted by molar-refractivity contribution is 5.41. The van der Waals surface area contributed by atoms with E-state index in [0.29, 0.717) is 12.6 Å². The van der Waals surface area contributed by atoms with Crippen molar-refractivity contribution in [3.8, 4) is 5.75 Å². The van der Waals surface area contributed by atoms with Crippen molar-refractivity contribution in [1.29, 1.82) is 0 Å². The molecule has 0 aliphatic carbocycles. The highest BCUT2D eigenvalue weighted by atomic mass is 16.5. The van der Waals surface area contributed by atoms with Gasteiger partial charge < -0.3 is 15.2 Å². The smallest absolute Gasteiger partial charge is 0.123 e. The molecule has 0 fully saturated rings. The van der Waals surface area contributed by atoms with Crippen molar-refractivity contribution in [3.63, 3.8) is 0 Å². The number of aryl methyl sites for hydroxylation is 1. The molecule has 1 unspecified atom stereocenters. The standard InChI is InChI=1S/C18H31NO2/c1-13(2)19-15(12-20)9-10-21-17-8-7-14(3)11-16(17)18(4,5)6/h7-8,11,13,15,19-20H,9-10,12H2,1-6H3. The number of ether oxygens (including phenoxy) is 1. The fourth-order valence-electron chi connectivity index (χ4n) is 2.37. The van der Waals surface area contributed by atoms with E-state index in [2.05, 4.69) is 65.1 Å². The molecule has 0 aliphatic heterocycles. The molecule has 21 heavy (non-hydrogen) atoms. The van der Waals surface area contributed by atoms with Crippen LogP contribution in [0.2, 0.25) is 0 Å². The summed E-state index contributed by atoms with van der Waals surface area (Å²) in [6, 6.07) is 6.80. The first-order valence-corrected chi connectivity index (χ1v) is 7.85. The molecule has 120 valence electrons. The van der Waals surface area contributed by atoms with E-state index in [9.17, 15) is 5.11 Å². The first-order chi connectivity index (χ1) is 9.74. The molecule has 3 heteroatoms. The van der Waals surface area contributed by atoms with Crippen LogP contribution in [0.25, 0.3) is 0 Å². The number of rotatable bonds is 7. The maximum absolute atomic E-state index is 9.37. The lowest BCUT2D eigenvalue weighted by Crippen LogP contribution is -2.38. The van der Waals surface area contributed by atoms with Crippen molar-refractivity contribution in [1.82, 2.24) is 5.32 Å². The Labute approximate surface area is 129 Å². The Morgan fingerprint density at radius 1 is 1.24 bits per heavy atom. The summed E-state index contributed by atoms with van der Waals surface area (Å²) in [4.78, 5) is 0. The molecule has 1 aromatic carbocycles. The van der Waals surface area contributed by atoms with E-state index in [1.54, 1.807) is 0 Å². The number of hydrogen-bond donors (Lipinski definition) is 2. The zero-order valence-electron chi connectivity index (χ0n) is 14.4. The predicted molar refractivity (Wildman–Crippen MR) is 89.1 cm³/mol. The number of nitrogens with one attached hydrogen (secondary N) is 1. The molecule has 0 saturated heterocycles. The van der Waals surface area contributed by atoms with Crippen LogP contribution in [0.15, 0.2) is 18.2 Å². The molecular formula is C18H31NO2. The third-order valence-corrected chi connectivity index (χ3v) is 3.46. The van der Waals surface area contributed by atoms with Gasteiger partial charge >= 0.3 is 0 Å². The monoisotopic (exact) mass is 293 g/mol. The Kier molecular flexibility index (Phi) is 6.69. The van der Waals surface area contributed by atoms with E-state index in [-0.39, 0.29) is 18.1 Å². The van der Waals surface area contributed by atoms with Gasteiger partial charge in [0.15, 0.2) is 0 Å². The molecule has 0 heterocycles. The third-order valence-electron chi connectivity index (χ3n) is 3.46. The van der Waals surface area contributed by atoms with Crippen LogP contribution in [0, 0.1) is 6.92 Å². The second-order valence-electron chi connectivity index (χ2n) is 7.09. The topological polar surface area (TPSA) is 41.5 Å².